The molecule has 2 aromatic carbocycles. The second-order valence-electron chi connectivity index (χ2n) is 5.70. The van der Waals surface area contributed by atoms with Gasteiger partial charge < -0.3 is 10.1 Å². The molecule has 0 aliphatic rings. The van der Waals surface area contributed by atoms with Gasteiger partial charge in [0.05, 0.1) is 33.2 Å². The van der Waals surface area contributed by atoms with Gasteiger partial charge in [0.25, 0.3) is 5.91 Å². The largest absolute Gasteiger partial charge is 0.449 e. The van der Waals surface area contributed by atoms with Crippen LogP contribution < -0.4 is 10.0 Å². The number of carbonyl (C=O) groups is 2. The molecular weight excluding hydrogens is 451 g/mol. The quantitative estimate of drug-likeness (QED) is 0.623. The number of rotatable bonds is 6. The fraction of sp³-hybridized carbons (Fsp3) is 0.176. The summed E-state index contributed by atoms with van der Waals surface area (Å²) in [6, 6.07) is 8.64. The van der Waals surface area contributed by atoms with Crippen LogP contribution in [0, 0.1) is 0 Å². The van der Waals surface area contributed by atoms with Gasteiger partial charge in [-0.2, -0.15) is 0 Å². The summed E-state index contributed by atoms with van der Waals surface area (Å²) in [6.07, 6.45) is -0.272. The zero-order valence-corrected chi connectivity index (χ0v) is 17.7. The van der Waals surface area contributed by atoms with Crippen molar-refractivity contribution in [3.63, 3.8) is 0 Å². The van der Waals surface area contributed by atoms with Crippen LogP contribution in [-0.4, -0.2) is 32.7 Å². The van der Waals surface area contributed by atoms with Crippen LogP contribution in [0.15, 0.2) is 36.4 Å². The average molecular weight is 466 g/mol. The van der Waals surface area contributed by atoms with E-state index in [0.717, 1.165) is 6.26 Å². The van der Waals surface area contributed by atoms with Crippen molar-refractivity contribution >= 4 is 68.1 Å². The van der Waals surface area contributed by atoms with Gasteiger partial charge >= 0.3 is 5.97 Å². The first-order valence-electron chi connectivity index (χ1n) is 7.71. The monoisotopic (exact) mass is 464 g/mol. The standard InChI is InChI=1S/C17H15Cl3N2O5S/c1-9(16(23)21-15-12(19)7-10(18)8-13(15)20)27-17(24)11-5-3-4-6-14(11)22-28(2,25)26/h3-9,22H,1-2H3,(H,21,23). The SMILES string of the molecule is CC(OC(=O)c1ccccc1NS(C)(=O)=O)C(=O)Nc1c(Cl)cc(Cl)cc1Cl. The maximum atomic E-state index is 12.4. The van der Waals surface area contributed by atoms with E-state index in [0.29, 0.717) is 5.02 Å². The maximum Gasteiger partial charge on any atom is 0.341 e. The van der Waals surface area contributed by atoms with E-state index < -0.39 is 28.0 Å². The van der Waals surface area contributed by atoms with Crippen molar-refractivity contribution in [1.29, 1.82) is 0 Å². The number of halogens is 3. The second-order valence-corrected chi connectivity index (χ2v) is 8.70. The number of amides is 1. The van der Waals surface area contributed by atoms with Crippen molar-refractivity contribution in [3.05, 3.63) is 57.0 Å². The van der Waals surface area contributed by atoms with Crippen LogP contribution in [-0.2, 0) is 19.6 Å². The van der Waals surface area contributed by atoms with Gasteiger partial charge in [-0.1, -0.05) is 46.9 Å². The molecule has 0 radical (unpaired) electrons. The zero-order chi connectivity index (χ0) is 21.1. The molecule has 0 bridgehead atoms. The Bertz CT molecular complexity index is 1000. The molecule has 0 spiro atoms. The maximum absolute atomic E-state index is 12.4. The molecule has 2 rings (SSSR count). The highest BCUT2D eigenvalue weighted by Crippen LogP contribution is 2.33. The number of para-hydroxylation sites is 1. The minimum absolute atomic E-state index is 0.0337. The van der Waals surface area contributed by atoms with Crippen molar-refractivity contribution < 1.29 is 22.7 Å². The van der Waals surface area contributed by atoms with Gasteiger partial charge in [-0.05, 0) is 31.2 Å². The molecule has 1 unspecified atom stereocenters. The highest BCUT2D eigenvalue weighted by atomic mass is 35.5. The van der Waals surface area contributed by atoms with Gasteiger partial charge in [-0.25, -0.2) is 13.2 Å². The average Bonchev–Trinajstić information content (AvgIpc) is 2.56. The van der Waals surface area contributed by atoms with Gasteiger partial charge in [0, 0.05) is 5.02 Å². The summed E-state index contributed by atoms with van der Waals surface area (Å²) in [7, 11) is -3.61. The Morgan fingerprint density at radius 2 is 1.64 bits per heavy atom. The first-order valence-corrected chi connectivity index (χ1v) is 10.7. The Balaban J connectivity index is 2.14. The van der Waals surface area contributed by atoms with E-state index in [4.69, 9.17) is 39.5 Å². The lowest BCUT2D eigenvalue weighted by atomic mass is 10.2. The third kappa shape index (κ3) is 6.00. The van der Waals surface area contributed by atoms with Crippen LogP contribution in [0.2, 0.25) is 15.1 Å². The summed E-state index contributed by atoms with van der Waals surface area (Å²) in [5, 5.41) is 2.99. The van der Waals surface area contributed by atoms with Crippen LogP contribution in [0.3, 0.4) is 0 Å². The Labute approximate surface area is 177 Å². The van der Waals surface area contributed by atoms with Crippen molar-refractivity contribution in [2.45, 2.75) is 13.0 Å². The highest BCUT2D eigenvalue weighted by Gasteiger charge is 2.23. The second kappa shape index (κ2) is 9.00. The highest BCUT2D eigenvalue weighted by molar-refractivity contribution is 7.92. The summed E-state index contributed by atoms with van der Waals surface area (Å²) in [5.41, 5.74) is 0.112. The Morgan fingerprint density at radius 1 is 1.07 bits per heavy atom. The minimum Gasteiger partial charge on any atom is -0.449 e. The predicted molar refractivity (Wildman–Crippen MR) is 110 cm³/mol. The number of hydrogen-bond acceptors (Lipinski definition) is 5. The van der Waals surface area contributed by atoms with E-state index in [-0.39, 0.29) is 27.0 Å². The van der Waals surface area contributed by atoms with E-state index in [9.17, 15) is 18.0 Å². The van der Waals surface area contributed by atoms with Crippen LogP contribution in [0.5, 0.6) is 0 Å². The molecule has 0 aromatic heterocycles. The number of sulfonamides is 1. The van der Waals surface area contributed by atoms with Crippen molar-refractivity contribution in [2.75, 3.05) is 16.3 Å². The van der Waals surface area contributed by atoms with Crippen molar-refractivity contribution in [2.24, 2.45) is 0 Å². The smallest absolute Gasteiger partial charge is 0.341 e. The lowest BCUT2D eigenvalue weighted by Gasteiger charge is -2.16. The number of anilines is 2. The van der Waals surface area contributed by atoms with E-state index >= 15 is 0 Å². The molecule has 0 aliphatic heterocycles. The summed E-state index contributed by atoms with van der Waals surface area (Å²) >= 11 is 17.8. The molecule has 0 saturated heterocycles. The Morgan fingerprint density at radius 3 is 2.21 bits per heavy atom. The normalized spacial score (nSPS) is 12.2. The number of carbonyl (C=O) groups excluding carboxylic acids is 2. The molecule has 2 aromatic rings. The lowest BCUT2D eigenvalue weighted by molar-refractivity contribution is -0.123. The number of ether oxygens (including phenoxy) is 1. The van der Waals surface area contributed by atoms with Gasteiger partial charge in [-0.15, -0.1) is 0 Å². The molecule has 2 N–H and O–H groups in total. The van der Waals surface area contributed by atoms with E-state index in [1.807, 2.05) is 0 Å². The first-order chi connectivity index (χ1) is 13.0. The van der Waals surface area contributed by atoms with Crippen LogP contribution in [0.1, 0.15) is 17.3 Å². The van der Waals surface area contributed by atoms with Gasteiger partial charge in [0.1, 0.15) is 0 Å². The molecule has 0 saturated carbocycles. The number of hydrogen-bond donors (Lipinski definition) is 2. The van der Waals surface area contributed by atoms with Crippen molar-refractivity contribution in [1.82, 2.24) is 0 Å². The fourth-order valence-electron chi connectivity index (χ4n) is 2.11. The van der Waals surface area contributed by atoms with Crippen LogP contribution in [0.25, 0.3) is 0 Å². The molecule has 0 aliphatic carbocycles. The molecule has 1 amide bonds. The molecule has 7 nitrogen and oxygen atoms in total. The van der Waals surface area contributed by atoms with E-state index in [2.05, 4.69) is 10.0 Å². The fourth-order valence-corrected chi connectivity index (χ4v) is 3.60. The summed E-state index contributed by atoms with van der Waals surface area (Å²) in [5.74, 6) is -1.57. The van der Waals surface area contributed by atoms with Gasteiger partial charge in [0.2, 0.25) is 10.0 Å². The number of benzene rings is 2. The van der Waals surface area contributed by atoms with E-state index in [1.54, 1.807) is 6.07 Å². The zero-order valence-electron chi connectivity index (χ0n) is 14.6. The Kier molecular flexibility index (Phi) is 7.16. The molecule has 0 heterocycles. The van der Waals surface area contributed by atoms with Gasteiger partial charge in [0.15, 0.2) is 6.10 Å². The number of nitrogens with one attached hydrogen (secondary N) is 2. The number of esters is 1. The molecule has 11 heteroatoms. The lowest BCUT2D eigenvalue weighted by Crippen LogP contribution is -2.30. The predicted octanol–water partition coefficient (Wildman–Crippen LogP) is 4.20. The molecular formula is C17H15Cl3N2O5S. The third-order valence-corrected chi connectivity index (χ3v) is 4.76. The molecule has 0 fully saturated rings. The third-order valence-electron chi connectivity index (χ3n) is 3.35. The Hall–Kier alpha value is -2.00. The van der Waals surface area contributed by atoms with Crippen molar-refractivity contribution in [3.8, 4) is 0 Å². The summed E-state index contributed by atoms with van der Waals surface area (Å²) < 4.78 is 30.2. The van der Waals surface area contributed by atoms with Crippen LogP contribution >= 0.6 is 34.8 Å². The summed E-state index contributed by atoms with van der Waals surface area (Å²) in [4.78, 5) is 24.7. The molecule has 28 heavy (non-hydrogen) atoms. The minimum atomic E-state index is -3.61. The van der Waals surface area contributed by atoms with E-state index in [1.165, 1.54) is 37.3 Å². The molecule has 150 valence electrons. The van der Waals surface area contributed by atoms with Crippen LogP contribution in [0.4, 0.5) is 11.4 Å². The first kappa shape index (κ1) is 22.3. The topological polar surface area (TPSA) is 102 Å². The molecule has 1 atom stereocenters. The van der Waals surface area contributed by atoms with Gasteiger partial charge in [-0.3, -0.25) is 9.52 Å². The summed E-state index contributed by atoms with van der Waals surface area (Å²) in [6.45, 7) is 1.34.